The third-order valence-corrected chi connectivity index (χ3v) is 5.24. The van der Waals surface area contributed by atoms with Crippen molar-refractivity contribution in [3.63, 3.8) is 0 Å². The molecule has 5 nitrogen and oxygen atoms in total. The predicted octanol–water partition coefficient (Wildman–Crippen LogP) is 3.61. The van der Waals surface area contributed by atoms with Crippen LogP contribution in [0, 0.1) is 6.92 Å². The van der Waals surface area contributed by atoms with E-state index in [0.717, 1.165) is 10.6 Å². The number of anilines is 1. The van der Waals surface area contributed by atoms with E-state index < -0.39 is 0 Å². The van der Waals surface area contributed by atoms with Crippen LogP contribution in [0.2, 0.25) is 0 Å². The molecule has 0 aliphatic rings. The molecular formula is C16H15N3O2S2. The van der Waals surface area contributed by atoms with Crippen LogP contribution in [0.4, 0.5) is 5.69 Å². The fourth-order valence-electron chi connectivity index (χ4n) is 2.16. The Morgan fingerprint density at radius 1 is 1.35 bits per heavy atom. The fraction of sp³-hybridized carbons (Fsp3) is 0.188. The zero-order chi connectivity index (χ0) is 16.4. The van der Waals surface area contributed by atoms with Gasteiger partial charge in [-0.05, 0) is 31.4 Å². The van der Waals surface area contributed by atoms with Crippen molar-refractivity contribution in [2.24, 2.45) is 0 Å². The highest BCUT2D eigenvalue weighted by atomic mass is 32.1. The lowest BCUT2D eigenvalue weighted by Crippen LogP contribution is -2.19. The molecule has 118 valence electrons. The minimum Gasteiger partial charge on any atom is -0.320 e. The molecule has 0 saturated carbocycles. The van der Waals surface area contributed by atoms with Gasteiger partial charge in [-0.1, -0.05) is 0 Å². The molecule has 3 heterocycles. The van der Waals surface area contributed by atoms with Gasteiger partial charge in [-0.3, -0.25) is 9.59 Å². The van der Waals surface area contributed by atoms with Gasteiger partial charge in [0.15, 0.2) is 0 Å². The first-order valence-corrected chi connectivity index (χ1v) is 8.86. The van der Waals surface area contributed by atoms with Gasteiger partial charge in [-0.15, -0.1) is 11.3 Å². The Morgan fingerprint density at radius 2 is 2.17 bits per heavy atom. The third-order valence-electron chi connectivity index (χ3n) is 3.35. The summed E-state index contributed by atoms with van der Waals surface area (Å²) >= 11 is 2.97. The largest absolute Gasteiger partial charge is 0.320 e. The summed E-state index contributed by atoms with van der Waals surface area (Å²) in [5.74, 6) is -0.206. The van der Waals surface area contributed by atoms with Crippen molar-refractivity contribution in [3.8, 4) is 10.6 Å². The van der Waals surface area contributed by atoms with Crippen molar-refractivity contribution < 1.29 is 4.79 Å². The van der Waals surface area contributed by atoms with Crippen LogP contribution >= 0.6 is 22.7 Å². The summed E-state index contributed by atoms with van der Waals surface area (Å²) in [4.78, 5) is 29.1. The molecule has 3 rings (SSSR count). The van der Waals surface area contributed by atoms with Gasteiger partial charge in [0.1, 0.15) is 9.88 Å². The van der Waals surface area contributed by atoms with Gasteiger partial charge in [0.2, 0.25) is 0 Å². The molecule has 0 atom stereocenters. The van der Waals surface area contributed by atoms with Crippen LogP contribution in [0.1, 0.15) is 22.3 Å². The van der Waals surface area contributed by atoms with Crippen molar-refractivity contribution in [1.82, 2.24) is 9.55 Å². The summed E-state index contributed by atoms with van der Waals surface area (Å²) in [6.07, 6.45) is 1.65. The van der Waals surface area contributed by atoms with Gasteiger partial charge >= 0.3 is 0 Å². The van der Waals surface area contributed by atoms with Gasteiger partial charge < -0.3 is 9.88 Å². The molecule has 0 spiro atoms. The van der Waals surface area contributed by atoms with Gasteiger partial charge in [0.25, 0.3) is 11.5 Å². The number of thiazole rings is 1. The molecular weight excluding hydrogens is 330 g/mol. The summed E-state index contributed by atoms with van der Waals surface area (Å²) in [7, 11) is 0. The van der Waals surface area contributed by atoms with E-state index in [1.54, 1.807) is 28.2 Å². The summed E-state index contributed by atoms with van der Waals surface area (Å²) in [6, 6.07) is 5.06. The number of thiophene rings is 1. The second-order valence-corrected chi connectivity index (χ2v) is 6.72. The number of rotatable bonds is 4. The molecule has 0 saturated heterocycles. The SMILES string of the molecule is CCn1cc(NC(=O)c2sc(-c3ccsc3)nc2C)ccc1=O. The van der Waals surface area contributed by atoms with Crippen molar-refractivity contribution >= 4 is 34.3 Å². The van der Waals surface area contributed by atoms with Gasteiger partial charge in [-0.25, -0.2) is 4.98 Å². The van der Waals surface area contributed by atoms with E-state index in [9.17, 15) is 9.59 Å². The molecule has 23 heavy (non-hydrogen) atoms. The number of hydrogen-bond acceptors (Lipinski definition) is 5. The van der Waals surface area contributed by atoms with Gasteiger partial charge in [0, 0.05) is 29.8 Å². The second kappa shape index (κ2) is 6.47. The minimum absolute atomic E-state index is 0.0841. The average Bonchev–Trinajstić information content (AvgIpc) is 3.18. The van der Waals surface area contributed by atoms with E-state index in [1.165, 1.54) is 17.4 Å². The normalized spacial score (nSPS) is 10.7. The lowest BCUT2D eigenvalue weighted by atomic mass is 10.3. The molecule has 0 fully saturated rings. The van der Waals surface area contributed by atoms with Crippen LogP contribution in [0.3, 0.4) is 0 Å². The maximum atomic E-state index is 12.5. The molecule has 1 amide bonds. The Hall–Kier alpha value is -2.25. The summed E-state index contributed by atoms with van der Waals surface area (Å²) in [5.41, 5.74) is 2.25. The van der Waals surface area contributed by atoms with E-state index in [1.807, 2.05) is 30.7 Å². The second-order valence-electron chi connectivity index (χ2n) is 4.94. The Bertz CT molecular complexity index is 894. The van der Waals surface area contributed by atoms with Crippen molar-refractivity contribution in [2.45, 2.75) is 20.4 Å². The summed E-state index contributed by atoms with van der Waals surface area (Å²) in [5, 5.41) is 7.67. The first kappa shape index (κ1) is 15.6. The quantitative estimate of drug-likeness (QED) is 0.785. The van der Waals surface area contributed by atoms with E-state index in [0.29, 0.717) is 22.8 Å². The van der Waals surface area contributed by atoms with Crippen LogP contribution < -0.4 is 10.9 Å². The first-order chi connectivity index (χ1) is 11.1. The van der Waals surface area contributed by atoms with Crippen LogP contribution in [-0.2, 0) is 6.54 Å². The molecule has 3 aromatic heterocycles. The maximum Gasteiger partial charge on any atom is 0.267 e. The maximum absolute atomic E-state index is 12.5. The standard InChI is InChI=1S/C16H15N3O2S2/c1-3-19-8-12(4-5-13(19)20)18-15(21)14-10(2)17-16(23-14)11-6-7-22-9-11/h4-9H,3H2,1-2H3,(H,18,21). The molecule has 0 aliphatic heterocycles. The van der Waals surface area contributed by atoms with Crippen LogP contribution in [0.15, 0.2) is 40.0 Å². The number of aryl methyl sites for hydroxylation is 2. The van der Waals surface area contributed by atoms with Crippen LogP contribution in [-0.4, -0.2) is 15.5 Å². The fourth-order valence-corrected chi connectivity index (χ4v) is 3.83. The van der Waals surface area contributed by atoms with E-state index in [4.69, 9.17) is 0 Å². The molecule has 1 N–H and O–H groups in total. The number of nitrogens with zero attached hydrogens (tertiary/aromatic N) is 2. The number of hydrogen-bond donors (Lipinski definition) is 1. The van der Waals surface area contributed by atoms with E-state index >= 15 is 0 Å². The monoisotopic (exact) mass is 345 g/mol. The Kier molecular flexibility index (Phi) is 4.40. The number of carbonyl (C=O) groups excluding carboxylic acids is 1. The number of amides is 1. The zero-order valence-corrected chi connectivity index (χ0v) is 14.3. The Morgan fingerprint density at radius 3 is 2.87 bits per heavy atom. The minimum atomic E-state index is -0.206. The highest BCUT2D eigenvalue weighted by molar-refractivity contribution is 7.17. The first-order valence-electron chi connectivity index (χ1n) is 7.10. The molecule has 7 heteroatoms. The molecule has 0 unspecified atom stereocenters. The van der Waals surface area contributed by atoms with Crippen molar-refractivity contribution in [2.75, 3.05) is 5.32 Å². The smallest absolute Gasteiger partial charge is 0.267 e. The lowest BCUT2D eigenvalue weighted by molar-refractivity contribution is 0.102. The lowest BCUT2D eigenvalue weighted by Gasteiger charge is -2.07. The number of pyridine rings is 1. The number of nitrogens with one attached hydrogen (secondary N) is 1. The number of carbonyl (C=O) groups is 1. The number of aromatic nitrogens is 2. The Balaban J connectivity index is 1.85. The highest BCUT2D eigenvalue weighted by Crippen LogP contribution is 2.29. The predicted molar refractivity (Wildman–Crippen MR) is 94.5 cm³/mol. The molecule has 0 radical (unpaired) electrons. The van der Waals surface area contributed by atoms with E-state index in [-0.39, 0.29) is 11.5 Å². The average molecular weight is 345 g/mol. The molecule has 3 aromatic rings. The van der Waals surface area contributed by atoms with Crippen molar-refractivity contribution in [1.29, 1.82) is 0 Å². The Labute approximate surface area is 141 Å². The summed E-state index contributed by atoms with van der Waals surface area (Å²) < 4.78 is 1.55. The third kappa shape index (κ3) is 3.25. The molecule has 0 bridgehead atoms. The van der Waals surface area contributed by atoms with Crippen LogP contribution in [0.25, 0.3) is 10.6 Å². The summed E-state index contributed by atoms with van der Waals surface area (Å²) in [6.45, 7) is 4.27. The van der Waals surface area contributed by atoms with Crippen molar-refractivity contribution in [3.05, 3.63) is 56.1 Å². The van der Waals surface area contributed by atoms with E-state index in [2.05, 4.69) is 10.3 Å². The van der Waals surface area contributed by atoms with Gasteiger partial charge in [-0.2, -0.15) is 11.3 Å². The highest BCUT2D eigenvalue weighted by Gasteiger charge is 2.16. The van der Waals surface area contributed by atoms with Crippen LogP contribution in [0.5, 0.6) is 0 Å². The van der Waals surface area contributed by atoms with Gasteiger partial charge in [0.05, 0.1) is 11.4 Å². The molecule has 0 aliphatic carbocycles. The molecule has 0 aromatic carbocycles. The zero-order valence-electron chi connectivity index (χ0n) is 12.7. The topological polar surface area (TPSA) is 64.0 Å².